The van der Waals surface area contributed by atoms with Crippen LogP contribution in [-0.2, 0) is 4.79 Å². The van der Waals surface area contributed by atoms with Gasteiger partial charge in [-0.05, 0) is 12.6 Å². The molecule has 1 rings (SSSR count). The SMILES string of the molecule is C[Si](C)(C)CN1CCCNC(=O)C1. The van der Waals surface area contributed by atoms with Crippen LogP contribution < -0.4 is 5.32 Å². The number of carbonyl (C=O) groups is 1. The van der Waals surface area contributed by atoms with Crippen LogP contribution in [0.5, 0.6) is 0 Å². The normalized spacial score (nSPS) is 21.0. The highest BCUT2D eigenvalue weighted by molar-refractivity contribution is 6.76. The lowest BCUT2D eigenvalue weighted by Crippen LogP contribution is -2.43. The highest BCUT2D eigenvalue weighted by Gasteiger charge is 2.21. The molecule has 0 aliphatic carbocycles. The maximum atomic E-state index is 11.2. The van der Waals surface area contributed by atoms with Crippen LogP contribution in [0.2, 0.25) is 19.6 Å². The third kappa shape index (κ3) is 4.43. The van der Waals surface area contributed by atoms with Crippen LogP contribution in [0.3, 0.4) is 0 Å². The van der Waals surface area contributed by atoms with Gasteiger partial charge in [-0.2, -0.15) is 0 Å². The molecule has 1 aliphatic heterocycles. The van der Waals surface area contributed by atoms with Crippen LogP contribution in [0.1, 0.15) is 6.42 Å². The second-order valence-corrected chi connectivity index (χ2v) is 10.4. The Hall–Kier alpha value is -0.353. The van der Waals surface area contributed by atoms with Gasteiger partial charge in [-0.25, -0.2) is 0 Å². The predicted molar refractivity (Wildman–Crippen MR) is 57.4 cm³/mol. The van der Waals surface area contributed by atoms with Gasteiger partial charge in [-0.15, -0.1) is 0 Å². The smallest absolute Gasteiger partial charge is 0.234 e. The van der Waals surface area contributed by atoms with E-state index in [-0.39, 0.29) is 5.91 Å². The zero-order valence-electron chi connectivity index (χ0n) is 8.89. The van der Waals surface area contributed by atoms with Crippen molar-refractivity contribution < 1.29 is 4.79 Å². The lowest BCUT2D eigenvalue weighted by molar-refractivity contribution is -0.121. The van der Waals surface area contributed by atoms with Crippen LogP contribution in [0, 0.1) is 0 Å². The van der Waals surface area contributed by atoms with Gasteiger partial charge in [-0.3, -0.25) is 9.69 Å². The first-order valence-electron chi connectivity index (χ1n) is 4.96. The minimum Gasteiger partial charge on any atom is -0.355 e. The van der Waals surface area contributed by atoms with Crippen molar-refractivity contribution in [3.05, 3.63) is 0 Å². The summed E-state index contributed by atoms with van der Waals surface area (Å²) in [4.78, 5) is 13.5. The molecule has 4 heteroatoms. The Morgan fingerprint density at radius 2 is 2.15 bits per heavy atom. The van der Waals surface area contributed by atoms with E-state index in [1.165, 1.54) is 0 Å². The van der Waals surface area contributed by atoms with Gasteiger partial charge in [0.05, 0.1) is 14.6 Å². The Labute approximate surface area is 81.5 Å². The van der Waals surface area contributed by atoms with E-state index in [2.05, 4.69) is 29.9 Å². The average Bonchev–Trinajstić information content (AvgIpc) is 2.10. The van der Waals surface area contributed by atoms with Crippen molar-refractivity contribution in [3.63, 3.8) is 0 Å². The number of nitrogens with one attached hydrogen (secondary N) is 1. The fraction of sp³-hybridized carbons (Fsp3) is 0.889. The summed E-state index contributed by atoms with van der Waals surface area (Å²) in [5, 5.41) is 2.90. The van der Waals surface area contributed by atoms with Crippen LogP contribution >= 0.6 is 0 Å². The van der Waals surface area contributed by atoms with Gasteiger partial charge in [0.15, 0.2) is 0 Å². The van der Waals surface area contributed by atoms with Crippen molar-refractivity contribution in [2.24, 2.45) is 0 Å². The molecule has 13 heavy (non-hydrogen) atoms. The van der Waals surface area contributed by atoms with E-state index in [9.17, 15) is 4.79 Å². The fourth-order valence-electron chi connectivity index (χ4n) is 1.67. The second kappa shape index (κ2) is 4.24. The maximum Gasteiger partial charge on any atom is 0.234 e. The number of hydrogen-bond acceptors (Lipinski definition) is 2. The summed E-state index contributed by atoms with van der Waals surface area (Å²) in [6.07, 6.45) is 2.23. The molecule has 1 amide bonds. The average molecular weight is 200 g/mol. The van der Waals surface area contributed by atoms with Crippen molar-refractivity contribution in [3.8, 4) is 0 Å². The number of nitrogens with zero attached hydrogens (tertiary/aromatic N) is 1. The first-order chi connectivity index (χ1) is 5.97. The molecule has 76 valence electrons. The second-order valence-electron chi connectivity index (χ2n) is 4.97. The van der Waals surface area contributed by atoms with Gasteiger partial charge in [0, 0.05) is 13.1 Å². The van der Waals surface area contributed by atoms with E-state index in [1.807, 2.05) is 0 Å². The monoisotopic (exact) mass is 200 g/mol. The summed E-state index contributed by atoms with van der Waals surface area (Å²) in [7, 11) is -1.05. The van der Waals surface area contributed by atoms with E-state index in [4.69, 9.17) is 0 Å². The molecule has 1 fully saturated rings. The Balaban J connectivity index is 2.44. The first-order valence-corrected chi connectivity index (χ1v) is 8.67. The van der Waals surface area contributed by atoms with Crippen LogP contribution in [0.25, 0.3) is 0 Å². The molecular weight excluding hydrogens is 180 g/mol. The van der Waals surface area contributed by atoms with E-state index >= 15 is 0 Å². The molecule has 0 radical (unpaired) electrons. The Kier molecular flexibility index (Phi) is 3.50. The van der Waals surface area contributed by atoms with Crippen LogP contribution in [-0.4, -0.2) is 44.7 Å². The molecule has 0 aromatic rings. The van der Waals surface area contributed by atoms with Crippen LogP contribution in [0.15, 0.2) is 0 Å². The van der Waals surface area contributed by atoms with Crippen molar-refractivity contribution in [2.45, 2.75) is 26.1 Å². The summed E-state index contributed by atoms with van der Waals surface area (Å²) in [5.41, 5.74) is 0. The Morgan fingerprint density at radius 3 is 2.77 bits per heavy atom. The van der Waals surface area contributed by atoms with E-state index < -0.39 is 8.07 Å². The number of hydrogen-bond donors (Lipinski definition) is 1. The quantitative estimate of drug-likeness (QED) is 0.665. The molecule has 1 aliphatic rings. The molecule has 0 saturated carbocycles. The minimum atomic E-state index is -1.05. The Bertz CT molecular complexity index is 189. The third-order valence-electron chi connectivity index (χ3n) is 2.04. The summed E-state index contributed by atoms with van der Waals surface area (Å²) in [6, 6.07) is 0. The van der Waals surface area contributed by atoms with E-state index in [0.717, 1.165) is 25.7 Å². The molecule has 0 unspecified atom stereocenters. The molecular formula is C9H20N2OSi. The lowest BCUT2D eigenvalue weighted by Gasteiger charge is -2.26. The van der Waals surface area contributed by atoms with Crippen molar-refractivity contribution in [1.29, 1.82) is 0 Å². The van der Waals surface area contributed by atoms with Gasteiger partial charge in [0.2, 0.25) is 5.91 Å². The number of carbonyl (C=O) groups excluding carboxylic acids is 1. The molecule has 3 nitrogen and oxygen atoms in total. The standard InChI is InChI=1S/C9H20N2OSi/c1-13(2,3)8-11-6-4-5-10-9(12)7-11/h4-8H2,1-3H3,(H,10,12). The third-order valence-corrected chi connectivity index (χ3v) is 3.43. The summed E-state index contributed by atoms with van der Waals surface area (Å²) < 4.78 is 0. The molecule has 0 aromatic carbocycles. The summed E-state index contributed by atoms with van der Waals surface area (Å²) in [6.45, 7) is 9.55. The lowest BCUT2D eigenvalue weighted by atomic mass is 10.4. The molecule has 0 aromatic heterocycles. The largest absolute Gasteiger partial charge is 0.355 e. The van der Waals surface area contributed by atoms with E-state index in [1.54, 1.807) is 0 Å². The highest BCUT2D eigenvalue weighted by Crippen LogP contribution is 2.05. The zero-order chi connectivity index (χ0) is 9.90. The van der Waals surface area contributed by atoms with Gasteiger partial charge in [-0.1, -0.05) is 19.6 Å². The van der Waals surface area contributed by atoms with Gasteiger partial charge in [0.1, 0.15) is 0 Å². The maximum absolute atomic E-state index is 11.2. The van der Waals surface area contributed by atoms with Gasteiger partial charge in [0.25, 0.3) is 0 Å². The van der Waals surface area contributed by atoms with Gasteiger partial charge >= 0.3 is 0 Å². The molecule has 0 bridgehead atoms. The number of rotatable bonds is 2. The van der Waals surface area contributed by atoms with Crippen molar-refractivity contribution >= 4 is 14.0 Å². The van der Waals surface area contributed by atoms with E-state index in [0.29, 0.717) is 6.54 Å². The Morgan fingerprint density at radius 1 is 1.46 bits per heavy atom. The summed E-state index contributed by atoms with van der Waals surface area (Å²) in [5.74, 6) is 0.191. The number of amides is 1. The highest BCUT2D eigenvalue weighted by atomic mass is 28.3. The molecule has 0 spiro atoms. The molecule has 0 atom stereocenters. The fourth-order valence-corrected chi connectivity index (χ4v) is 3.29. The van der Waals surface area contributed by atoms with Crippen molar-refractivity contribution in [1.82, 2.24) is 10.2 Å². The van der Waals surface area contributed by atoms with Crippen molar-refractivity contribution in [2.75, 3.05) is 25.8 Å². The topological polar surface area (TPSA) is 32.3 Å². The van der Waals surface area contributed by atoms with Crippen LogP contribution in [0.4, 0.5) is 0 Å². The molecule has 1 N–H and O–H groups in total. The summed E-state index contributed by atoms with van der Waals surface area (Å²) >= 11 is 0. The molecule has 1 heterocycles. The minimum absolute atomic E-state index is 0.191. The predicted octanol–water partition coefficient (Wildman–Crippen LogP) is 0.686. The van der Waals surface area contributed by atoms with Gasteiger partial charge < -0.3 is 5.32 Å². The zero-order valence-corrected chi connectivity index (χ0v) is 9.89. The molecule has 1 saturated heterocycles. The first kappa shape index (κ1) is 10.7.